The van der Waals surface area contributed by atoms with E-state index in [2.05, 4.69) is 10.2 Å². The lowest BCUT2D eigenvalue weighted by Gasteiger charge is -2.26. The smallest absolute Gasteiger partial charge is 0.292 e. The zero-order valence-electron chi connectivity index (χ0n) is 13.4. The Hall–Kier alpha value is -2.47. The maximum Gasteiger partial charge on any atom is 0.292 e. The molecule has 0 spiro atoms. The molecule has 1 heterocycles. The molecule has 1 N–H and O–H groups in total. The number of piperidine rings is 1. The van der Waals surface area contributed by atoms with E-state index in [-0.39, 0.29) is 11.5 Å². The molecule has 0 aliphatic carbocycles. The van der Waals surface area contributed by atoms with E-state index in [0.29, 0.717) is 11.4 Å². The summed E-state index contributed by atoms with van der Waals surface area (Å²) < 4.78 is 13.3. The molecule has 0 amide bonds. The molecule has 0 unspecified atom stereocenters. The molecule has 0 radical (unpaired) electrons. The Labute approximate surface area is 140 Å². The Morgan fingerprint density at radius 2 is 1.92 bits per heavy atom. The van der Waals surface area contributed by atoms with E-state index in [1.165, 1.54) is 31.4 Å². The molecule has 0 bridgehead atoms. The average molecular weight is 329 g/mol. The first-order chi connectivity index (χ1) is 11.6. The minimum atomic E-state index is -0.401. The van der Waals surface area contributed by atoms with Gasteiger partial charge in [0, 0.05) is 18.3 Å². The summed E-state index contributed by atoms with van der Waals surface area (Å²) in [6, 6.07) is 11.1. The molecule has 0 aromatic heterocycles. The van der Waals surface area contributed by atoms with E-state index in [1.807, 2.05) is 6.07 Å². The molecule has 2 aromatic rings. The fourth-order valence-corrected chi connectivity index (χ4v) is 3.03. The fraction of sp³-hybridized carbons (Fsp3) is 0.333. The van der Waals surface area contributed by atoms with Crippen molar-refractivity contribution in [3.63, 3.8) is 0 Å². The van der Waals surface area contributed by atoms with Crippen LogP contribution in [0.4, 0.5) is 21.5 Å². The number of anilines is 2. The monoisotopic (exact) mass is 329 g/mol. The van der Waals surface area contributed by atoms with Gasteiger partial charge in [-0.2, -0.15) is 0 Å². The number of rotatable bonds is 5. The number of likely N-dealkylation sites (tertiary alicyclic amines) is 1. The quantitative estimate of drug-likeness (QED) is 0.650. The molecule has 24 heavy (non-hydrogen) atoms. The highest BCUT2D eigenvalue weighted by Crippen LogP contribution is 2.29. The van der Waals surface area contributed by atoms with Crippen molar-refractivity contribution in [1.29, 1.82) is 0 Å². The van der Waals surface area contributed by atoms with Crippen LogP contribution in [0, 0.1) is 15.9 Å². The maximum atomic E-state index is 13.3. The first-order valence-electron chi connectivity index (χ1n) is 8.14. The van der Waals surface area contributed by atoms with E-state index in [4.69, 9.17) is 0 Å². The lowest BCUT2D eigenvalue weighted by atomic mass is 10.1. The summed E-state index contributed by atoms with van der Waals surface area (Å²) in [4.78, 5) is 13.3. The van der Waals surface area contributed by atoms with Gasteiger partial charge in [0.25, 0.3) is 5.69 Å². The molecule has 5 nitrogen and oxygen atoms in total. The van der Waals surface area contributed by atoms with Gasteiger partial charge in [0.2, 0.25) is 0 Å². The largest absolute Gasteiger partial charge is 0.350 e. The summed E-state index contributed by atoms with van der Waals surface area (Å²) in [5.41, 5.74) is 1.79. The van der Waals surface area contributed by atoms with Crippen LogP contribution >= 0.6 is 0 Å². The van der Waals surface area contributed by atoms with Gasteiger partial charge in [-0.15, -0.1) is 0 Å². The molecule has 2 aromatic carbocycles. The van der Waals surface area contributed by atoms with Crippen LogP contribution in [0.25, 0.3) is 0 Å². The van der Waals surface area contributed by atoms with Crippen LogP contribution in [0.15, 0.2) is 42.5 Å². The van der Waals surface area contributed by atoms with E-state index in [9.17, 15) is 14.5 Å². The third-order valence-corrected chi connectivity index (χ3v) is 4.22. The highest BCUT2D eigenvalue weighted by atomic mass is 19.1. The van der Waals surface area contributed by atoms with Crippen LogP contribution in [-0.2, 0) is 6.54 Å². The summed E-state index contributed by atoms with van der Waals surface area (Å²) in [5, 5.41) is 14.3. The Balaban J connectivity index is 1.80. The zero-order valence-corrected chi connectivity index (χ0v) is 13.4. The Kier molecular flexibility index (Phi) is 5.05. The van der Waals surface area contributed by atoms with E-state index >= 15 is 0 Å². The van der Waals surface area contributed by atoms with Gasteiger partial charge in [0.05, 0.1) is 4.92 Å². The number of nitrogens with one attached hydrogen (secondary N) is 1. The van der Waals surface area contributed by atoms with Crippen molar-refractivity contribution in [2.75, 3.05) is 18.4 Å². The lowest BCUT2D eigenvalue weighted by molar-refractivity contribution is -0.384. The van der Waals surface area contributed by atoms with E-state index in [0.717, 1.165) is 25.2 Å². The molecule has 126 valence electrons. The number of benzene rings is 2. The van der Waals surface area contributed by atoms with Crippen molar-refractivity contribution in [2.24, 2.45) is 0 Å². The lowest BCUT2D eigenvalue weighted by Crippen LogP contribution is -2.29. The second kappa shape index (κ2) is 7.40. The SMILES string of the molecule is O=[N+]([O-])c1cc(CN2CCCCC2)ccc1Nc1cccc(F)c1. The van der Waals surface area contributed by atoms with Crippen molar-refractivity contribution < 1.29 is 9.31 Å². The summed E-state index contributed by atoms with van der Waals surface area (Å²) in [6.07, 6.45) is 3.62. The van der Waals surface area contributed by atoms with Crippen LogP contribution in [-0.4, -0.2) is 22.9 Å². The number of nitro benzene ring substituents is 1. The standard InChI is InChI=1S/C18H20FN3O2/c19-15-5-4-6-16(12-15)20-17-8-7-14(11-18(17)22(23)24)13-21-9-2-1-3-10-21/h4-8,11-12,20H,1-3,9-10,13H2. The molecule has 6 heteroatoms. The third kappa shape index (κ3) is 4.08. The van der Waals surface area contributed by atoms with Gasteiger partial charge in [0.15, 0.2) is 0 Å². The van der Waals surface area contributed by atoms with Crippen molar-refractivity contribution in [2.45, 2.75) is 25.8 Å². The van der Waals surface area contributed by atoms with E-state index < -0.39 is 4.92 Å². The number of nitro groups is 1. The number of hydrogen-bond acceptors (Lipinski definition) is 4. The molecule has 0 saturated carbocycles. The van der Waals surface area contributed by atoms with Crippen molar-refractivity contribution in [3.8, 4) is 0 Å². The van der Waals surface area contributed by atoms with Gasteiger partial charge in [-0.3, -0.25) is 15.0 Å². The molecule has 1 saturated heterocycles. The molecular weight excluding hydrogens is 309 g/mol. The van der Waals surface area contributed by atoms with Crippen LogP contribution < -0.4 is 5.32 Å². The van der Waals surface area contributed by atoms with Crippen LogP contribution in [0.1, 0.15) is 24.8 Å². The van der Waals surface area contributed by atoms with Crippen LogP contribution in [0.3, 0.4) is 0 Å². The fourth-order valence-electron chi connectivity index (χ4n) is 3.03. The first kappa shape index (κ1) is 16.4. The zero-order chi connectivity index (χ0) is 16.9. The normalized spacial score (nSPS) is 15.2. The van der Waals surface area contributed by atoms with Gasteiger partial charge in [-0.25, -0.2) is 4.39 Å². The van der Waals surface area contributed by atoms with Crippen molar-refractivity contribution in [3.05, 3.63) is 64.0 Å². The van der Waals surface area contributed by atoms with Crippen LogP contribution in [0.5, 0.6) is 0 Å². The van der Waals surface area contributed by atoms with Crippen molar-refractivity contribution >= 4 is 17.1 Å². The third-order valence-electron chi connectivity index (χ3n) is 4.22. The topological polar surface area (TPSA) is 58.4 Å². The minimum absolute atomic E-state index is 0.00812. The number of nitrogens with zero attached hydrogens (tertiary/aromatic N) is 2. The van der Waals surface area contributed by atoms with Gasteiger partial charge >= 0.3 is 0 Å². The molecule has 0 atom stereocenters. The van der Waals surface area contributed by atoms with Gasteiger partial charge < -0.3 is 5.32 Å². The second-order valence-electron chi connectivity index (χ2n) is 6.08. The summed E-state index contributed by atoms with van der Waals surface area (Å²) in [7, 11) is 0. The van der Waals surface area contributed by atoms with Gasteiger partial charge in [-0.1, -0.05) is 18.6 Å². The van der Waals surface area contributed by atoms with Gasteiger partial charge in [-0.05, 0) is 55.8 Å². The molecule has 1 aliphatic heterocycles. The van der Waals surface area contributed by atoms with E-state index in [1.54, 1.807) is 24.3 Å². The molecule has 1 aliphatic rings. The van der Waals surface area contributed by atoms with Crippen LogP contribution in [0.2, 0.25) is 0 Å². The van der Waals surface area contributed by atoms with Gasteiger partial charge in [0.1, 0.15) is 11.5 Å². The number of hydrogen-bond donors (Lipinski definition) is 1. The molecule has 1 fully saturated rings. The first-order valence-corrected chi connectivity index (χ1v) is 8.14. The Morgan fingerprint density at radius 1 is 1.12 bits per heavy atom. The Bertz CT molecular complexity index is 730. The molecular formula is C18H20FN3O2. The predicted molar refractivity (Wildman–Crippen MR) is 91.9 cm³/mol. The maximum absolute atomic E-state index is 13.3. The average Bonchev–Trinajstić information content (AvgIpc) is 2.57. The van der Waals surface area contributed by atoms with Crippen molar-refractivity contribution in [1.82, 2.24) is 4.90 Å². The highest BCUT2D eigenvalue weighted by Gasteiger charge is 2.17. The minimum Gasteiger partial charge on any atom is -0.350 e. The second-order valence-corrected chi connectivity index (χ2v) is 6.08. The summed E-state index contributed by atoms with van der Waals surface area (Å²) >= 11 is 0. The summed E-state index contributed by atoms with van der Waals surface area (Å²) in [5.74, 6) is -0.385. The highest BCUT2D eigenvalue weighted by molar-refractivity contribution is 5.70. The Morgan fingerprint density at radius 3 is 2.62 bits per heavy atom. The predicted octanol–water partition coefficient (Wildman–Crippen LogP) is 4.46. The molecule has 3 rings (SSSR count). The summed E-state index contributed by atoms with van der Waals surface area (Å²) in [6.45, 7) is 2.80. The number of halogens is 1.